The van der Waals surface area contributed by atoms with Crippen LogP contribution in [0.1, 0.15) is 37.7 Å². The lowest BCUT2D eigenvalue weighted by atomic mass is 10.2. The molecule has 2 heterocycles. The molecule has 31 heavy (non-hydrogen) atoms. The second-order valence-corrected chi connectivity index (χ2v) is 8.43. The van der Waals surface area contributed by atoms with E-state index in [1.807, 2.05) is 73.9 Å². The summed E-state index contributed by atoms with van der Waals surface area (Å²) in [5.41, 5.74) is 1.70. The Morgan fingerprint density at radius 2 is 1.87 bits per heavy atom. The molecular weight excluding hydrogens is 434 g/mol. The van der Waals surface area contributed by atoms with Crippen LogP contribution in [0.15, 0.2) is 58.2 Å². The summed E-state index contributed by atoms with van der Waals surface area (Å²) in [5.74, 6) is 2.71. The zero-order chi connectivity index (χ0) is 21.8. The van der Waals surface area contributed by atoms with Crippen LogP contribution in [0.4, 0.5) is 0 Å². The first-order chi connectivity index (χ1) is 15.1. The second kappa shape index (κ2) is 9.53. The van der Waals surface area contributed by atoms with Crippen LogP contribution < -0.4 is 4.74 Å². The molecule has 0 aliphatic heterocycles. The monoisotopic (exact) mass is 455 g/mol. The van der Waals surface area contributed by atoms with E-state index in [-0.39, 0.29) is 5.25 Å². The maximum atomic E-state index is 6.47. The molecule has 0 saturated carbocycles. The van der Waals surface area contributed by atoms with E-state index in [0.29, 0.717) is 34.3 Å². The van der Waals surface area contributed by atoms with Crippen LogP contribution >= 0.6 is 23.4 Å². The maximum Gasteiger partial charge on any atom is 0.239 e. The fourth-order valence-electron chi connectivity index (χ4n) is 3.04. The van der Waals surface area contributed by atoms with Gasteiger partial charge in [0.15, 0.2) is 16.8 Å². The largest absolute Gasteiger partial charge is 0.494 e. The number of hydrogen-bond donors (Lipinski definition) is 0. The van der Waals surface area contributed by atoms with Gasteiger partial charge in [0.05, 0.1) is 16.9 Å². The Kier molecular flexibility index (Phi) is 6.58. The van der Waals surface area contributed by atoms with Gasteiger partial charge < -0.3 is 9.26 Å². The van der Waals surface area contributed by atoms with E-state index in [1.54, 1.807) is 0 Å². The molecule has 1 atom stereocenters. The lowest BCUT2D eigenvalue weighted by Crippen LogP contribution is -2.02. The number of ether oxygens (including phenoxy) is 1. The predicted molar refractivity (Wildman–Crippen MR) is 121 cm³/mol. The predicted octanol–water partition coefficient (Wildman–Crippen LogP) is 5.79. The average molecular weight is 456 g/mol. The van der Waals surface area contributed by atoms with Crippen molar-refractivity contribution in [2.75, 3.05) is 6.61 Å². The molecule has 0 amide bonds. The SMILES string of the molecule is CCOc1ccc(-n2c(S[C@@H](C)c3nc(CC)no3)nnc2-c2ccccc2Cl)cc1. The highest BCUT2D eigenvalue weighted by Crippen LogP contribution is 2.37. The molecule has 0 aliphatic carbocycles. The standard InChI is InChI=1S/C22H22ClN5O2S/c1-4-19-24-21(30-27-19)14(3)31-22-26-25-20(17-8-6-7-9-18(17)23)28(22)15-10-12-16(13-11-15)29-5-2/h6-14H,4-5H2,1-3H3/t14-/m0/s1. The lowest BCUT2D eigenvalue weighted by Gasteiger charge is -2.13. The molecule has 9 heteroatoms. The van der Waals surface area contributed by atoms with Gasteiger partial charge in [0.2, 0.25) is 5.89 Å². The summed E-state index contributed by atoms with van der Waals surface area (Å²) in [4.78, 5) is 4.44. The average Bonchev–Trinajstić information content (AvgIpc) is 3.42. The Morgan fingerprint density at radius 3 is 2.55 bits per heavy atom. The van der Waals surface area contributed by atoms with Crippen molar-refractivity contribution in [1.82, 2.24) is 24.9 Å². The normalized spacial score (nSPS) is 12.1. The Hall–Kier alpha value is -2.84. The van der Waals surface area contributed by atoms with Gasteiger partial charge in [0, 0.05) is 17.7 Å². The van der Waals surface area contributed by atoms with Crippen molar-refractivity contribution in [2.45, 2.75) is 37.6 Å². The number of aryl methyl sites for hydroxylation is 1. The van der Waals surface area contributed by atoms with Gasteiger partial charge in [-0.05, 0) is 50.2 Å². The number of rotatable bonds is 8. The van der Waals surface area contributed by atoms with Crippen molar-refractivity contribution >= 4 is 23.4 Å². The van der Waals surface area contributed by atoms with Crippen LogP contribution in [-0.4, -0.2) is 31.5 Å². The number of nitrogens with zero attached hydrogens (tertiary/aromatic N) is 5. The van der Waals surface area contributed by atoms with E-state index in [0.717, 1.165) is 23.4 Å². The first kappa shape index (κ1) is 21.4. The van der Waals surface area contributed by atoms with Crippen LogP contribution in [0.3, 0.4) is 0 Å². The van der Waals surface area contributed by atoms with Crippen molar-refractivity contribution in [3.8, 4) is 22.8 Å². The van der Waals surface area contributed by atoms with Crippen LogP contribution in [0, 0.1) is 0 Å². The molecule has 2 aromatic carbocycles. The van der Waals surface area contributed by atoms with Crippen LogP contribution in [0.2, 0.25) is 5.02 Å². The smallest absolute Gasteiger partial charge is 0.239 e. The maximum absolute atomic E-state index is 6.47. The fraction of sp³-hybridized carbons (Fsp3) is 0.273. The van der Waals surface area contributed by atoms with E-state index in [1.165, 1.54) is 11.8 Å². The fourth-order valence-corrected chi connectivity index (χ4v) is 4.16. The van der Waals surface area contributed by atoms with Gasteiger partial charge in [0.25, 0.3) is 0 Å². The van der Waals surface area contributed by atoms with Gasteiger partial charge in [-0.3, -0.25) is 4.57 Å². The number of aromatic nitrogens is 5. The Balaban J connectivity index is 1.75. The number of benzene rings is 2. The summed E-state index contributed by atoms with van der Waals surface area (Å²) >= 11 is 7.97. The van der Waals surface area contributed by atoms with Crippen molar-refractivity contribution in [3.05, 3.63) is 65.3 Å². The highest BCUT2D eigenvalue weighted by Gasteiger charge is 2.23. The minimum atomic E-state index is -0.0995. The summed E-state index contributed by atoms with van der Waals surface area (Å²) in [7, 11) is 0. The third kappa shape index (κ3) is 4.60. The van der Waals surface area contributed by atoms with Gasteiger partial charge in [-0.25, -0.2) is 0 Å². The molecule has 160 valence electrons. The first-order valence-corrected chi connectivity index (χ1v) is 11.3. The summed E-state index contributed by atoms with van der Waals surface area (Å²) < 4.78 is 13.0. The minimum absolute atomic E-state index is 0.0995. The highest BCUT2D eigenvalue weighted by molar-refractivity contribution is 7.99. The molecular formula is C22H22ClN5O2S. The highest BCUT2D eigenvalue weighted by atomic mass is 35.5. The van der Waals surface area contributed by atoms with Crippen molar-refractivity contribution in [3.63, 3.8) is 0 Å². The van der Waals surface area contributed by atoms with Gasteiger partial charge in [-0.15, -0.1) is 10.2 Å². The molecule has 4 aromatic rings. The molecule has 0 N–H and O–H groups in total. The third-order valence-corrected chi connectivity index (χ3v) is 5.94. The van der Waals surface area contributed by atoms with E-state index >= 15 is 0 Å². The van der Waals surface area contributed by atoms with Gasteiger partial charge in [-0.1, -0.05) is 47.6 Å². The molecule has 0 bridgehead atoms. The number of halogens is 1. The molecule has 4 rings (SSSR count). The molecule has 0 radical (unpaired) electrons. The van der Waals surface area contributed by atoms with Crippen LogP contribution in [0.25, 0.3) is 17.1 Å². The van der Waals surface area contributed by atoms with Crippen molar-refractivity contribution < 1.29 is 9.26 Å². The molecule has 0 fully saturated rings. The zero-order valence-corrected chi connectivity index (χ0v) is 19.0. The number of thioether (sulfide) groups is 1. The molecule has 0 spiro atoms. The first-order valence-electron chi connectivity index (χ1n) is 10.0. The molecule has 0 aliphatic rings. The second-order valence-electron chi connectivity index (χ2n) is 6.71. The quantitative estimate of drug-likeness (QED) is 0.311. The summed E-state index contributed by atoms with van der Waals surface area (Å²) in [6, 6.07) is 15.4. The molecule has 2 aromatic heterocycles. The van der Waals surface area contributed by atoms with Gasteiger partial charge in [-0.2, -0.15) is 4.98 Å². The third-order valence-electron chi connectivity index (χ3n) is 4.58. The Morgan fingerprint density at radius 1 is 1.10 bits per heavy atom. The van der Waals surface area contributed by atoms with E-state index in [4.69, 9.17) is 20.9 Å². The summed E-state index contributed by atoms with van der Waals surface area (Å²) in [5, 5.41) is 14.1. The van der Waals surface area contributed by atoms with Gasteiger partial charge >= 0.3 is 0 Å². The van der Waals surface area contributed by atoms with Gasteiger partial charge in [0.1, 0.15) is 5.75 Å². The Bertz CT molecular complexity index is 1160. The van der Waals surface area contributed by atoms with E-state index < -0.39 is 0 Å². The van der Waals surface area contributed by atoms with Crippen molar-refractivity contribution in [1.29, 1.82) is 0 Å². The summed E-state index contributed by atoms with van der Waals surface area (Å²) in [6.07, 6.45) is 0.722. The Labute approximate surface area is 189 Å². The molecule has 0 saturated heterocycles. The number of hydrogen-bond acceptors (Lipinski definition) is 7. The lowest BCUT2D eigenvalue weighted by molar-refractivity contribution is 0.340. The topological polar surface area (TPSA) is 78.9 Å². The molecule has 0 unspecified atom stereocenters. The molecule has 7 nitrogen and oxygen atoms in total. The van der Waals surface area contributed by atoms with E-state index in [2.05, 4.69) is 20.3 Å². The zero-order valence-electron chi connectivity index (χ0n) is 17.4. The van der Waals surface area contributed by atoms with E-state index in [9.17, 15) is 0 Å². The van der Waals surface area contributed by atoms with Crippen molar-refractivity contribution in [2.24, 2.45) is 0 Å². The van der Waals surface area contributed by atoms with Crippen LogP contribution in [-0.2, 0) is 6.42 Å². The summed E-state index contributed by atoms with van der Waals surface area (Å²) in [6.45, 7) is 6.56. The van der Waals surface area contributed by atoms with Crippen LogP contribution in [0.5, 0.6) is 5.75 Å². The minimum Gasteiger partial charge on any atom is -0.494 e.